The van der Waals surface area contributed by atoms with E-state index < -0.39 is 0 Å². The molecule has 26 heavy (non-hydrogen) atoms. The molecule has 1 aliphatic rings. The van der Waals surface area contributed by atoms with Crippen LogP contribution in [-0.4, -0.2) is 54.3 Å². The van der Waals surface area contributed by atoms with Gasteiger partial charge in [-0.05, 0) is 57.5 Å². The van der Waals surface area contributed by atoms with Gasteiger partial charge in [0, 0.05) is 42.5 Å². The highest BCUT2D eigenvalue weighted by atomic mass is 15.1. The Hall–Kier alpha value is -2.47. The standard InChI is InChI=1S/C20H28N6/c1-22-12-15(11-21)14-4-9-19-18(10-14)20(24-13-23-19)25-16-5-7-17(8-6-16)26(2)3/h4,9-13,16-17H,5-8,21H2,1-3H3,(H,23,24,25). The van der Waals surface area contributed by atoms with Gasteiger partial charge in [0.1, 0.15) is 12.1 Å². The normalized spacial score (nSPS) is 21.6. The van der Waals surface area contributed by atoms with E-state index in [1.54, 1.807) is 25.8 Å². The number of allylic oxidation sites excluding steroid dienone is 1. The number of fused-ring (bicyclic) bond motifs is 1. The number of nitrogens with one attached hydrogen (secondary N) is 1. The summed E-state index contributed by atoms with van der Waals surface area (Å²) in [7, 11) is 6.07. The quantitative estimate of drug-likeness (QED) is 0.809. The monoisotopic (exact) mass is 352 g/mol. The number of benzene rings is 1. The summed E-state index contributed by atoms with van der Waals surface area (Å²) in [6.45, 7) is 0. The lowest BCUT2D eigenvalue weighted by atomic mass is 9.90. The fraction of sp³-hybridized carbons (Fsp3) is 0.450. The summed E-state index contributed by atoms with van der Waals surface area (Å²) in [6, 6.07) is 7.25. The van der Waals surface area contributed by atoms with Gasteiger partial charge in [0.05, 0.1) is 5.52 Å². The summed E-state index contributed by atoms with van der Waals surface area (Å²) in [4.78, 5) is 15.3. The molecule has 0 bridgehead atoms. The molecule has 1 saturated carbocycles. The summed E-state index contributed by atoms with van der Waals surface area (Å²) in [5.41, 5.74) is 8.58. The van der Waals surface area contributed by atoms with E-state index in [0.29, 0.717) is 12.1 Å². The van der Waals surface area contributed by atoms with Crippen LogP contribution in [0, 0.1) is 0 Å². The van der Waals surface area contributed by atoms with Crippen molar-refractivity contribution in [3.8, 4) is 0 Å². The van der Waals surface area contributed by atoms with Gasteiger partial charge >= 0.3 is 0 Å². The van der Waals surface area contributed by atoms with Crippen LogP contribution in [0.15, 0.2) is 35.7 Å². The van der Waals surface area contributed by atoms with Crippen LogP contribution in [0.5, 0.6) is 0 Å². The first-order chi connectivity index (χ1) is 12.6. The molecule has 2 aromatic rings. The molecule has 0 radical (unpaired) electrons. The van der Waals surface area contributed by atoms with Crippen molar-refractivity contribution < 1.29 is 0 Å². The first-order valence-corrected chi connectivity index (χ1v) is 9.14. The molecule has 0 saturated heterocycles. The summed E-state index contributed by atoms with van der Waals surface area (Å²) in [5.74, 6) is 0.898. The van der Waals surface area contributed by atoms with Gasteiger partial charge in [0.2, 0.25) is 0 Å². The molecule has 138 valence electrons. The minimum absolute atomic E-state index is 0.453. The highest BCUT2D eigenvalue weighted by molar-refractivity contribution is 6.10. The van der Waals surface area contributed by atoms with Crippen molar-refractivity contribution in [3.05, 3.63) is 36.3 Å². The topological polar surface area (TPSA) is 79.4 Å². The van der Waals surface area contributed by atoms with E-state index in [4.69, 9.17) is 5.73 Å². The van der Waals surface area contributed by atoms with Gasteiger partial charge in [-0.15, -0.1) is 0 Å². The third-order valence-electron chi connectivity index (χ3n) is 5.18. The average molecular weight is 352 g/mol. The lowest BCUT2D eigenvalue weighted by molar-refractivity contribution is 0.221. The second kappa shape index (κ2) is 8.27. The molecule has 0 atom stereocenters. The minimum Gasteiger partial charge on any atom is -0.404 e. The molecule has 0 amide bonds. The molecule has 1 heterocycles. The van der Waals surface area contributed by atoms with Crippen LogP contribution >= 0.6 is 0 Å². The number of anilines is 1. The van der Waals surface area contributed by atoms with Crippen molar-refractivity contribution in [1.29, 1.82) is 0 Å². The fourth-order valence-electron chi connectivity index (χ4n) is 3.63. The summed E-state index contributed by atoms with van der Waals surface area (Å²) in [5, 5.41) is 4.66. The summed E-state index contributed by atoms with van der Waals surface area (Å²) >= 11 is 0. The Morgan fingerprint density at radius 1 is 1.23 bits per heavy atom. The van der Waals surface area contributed by atoms with E-state index in [0.717, 1.165) is 40.7 Å². The molecule has 0 unspecified atom stereocenters. The van der Waals surface area contributed by atoms with Crippen molar-refractivity contribution in [2.24, 2.45) is 10.7 Å². The smallest absolute Gasteiger partial charge is 0.137 e. The average Bonchev–Trinajstić information content (AvgIpc) is 2.66. The molecule has 1 aliphatic carbocycles. The van der Waals surface area contributed by atoms with E-state index >= 15 is 0 Å². The predicted octanol–water partition coefficient (Wildman–Crippen LogP) is 2.91. The molecule has 1 fully saturated rings. The van der Waals surface area contributed by atoms with Crippen molar-refractivity contribution >= 4 is 28.5 Å². The zero-order valence-corrected chi connectivity index (χ0v) is 15.8. The Morgan fingerprint density at radius 2 is 2.00 bits per heavy atom. The third kappa shape index (κ3) is 4.02. The molecule has 1 aromatic heterocycles. The minimum atomic E-state index is 0.453. The van der Waals surface area contributed by atoms with Gasteiger partial charge in [0.25, 0.3) is 0 Å². The van der Waals surface area contributed by atoms with Gasteiger partial charge < -0.3 is 16.0 Å². The zero-order chi connectivity index (χ0) is 18.5. The molecular weight excluding hydrogens is 324 g/mol. The maximum atomic E-state index is 5.76. The van der Waals surface area contributed by atoms with Gasteiger partial charge in [0.15, 0.2) is 0 Å². The van der Waals surface area contributed by atoms with Crippen LogP contribution in [0.3, 0.4) is 0 Å². The van der Waals surface area contributed by atoms with Crippen molar-refractivity contribution in [3.63, 3.8) is 0 Å². The predicted molar refractivity (Wildman–Crippen MR) is 109 cm³/mol. The Kier molecular flexibility index (Phi) is 5.83. The number of aromatic nitrogens is 2. The first-order valence-electron chi connectivity index (χ1n) is 9.14. The summed E-state index contributed by atoms with van der Waals surface area (Å²) < 4.78 is 0. The van der Waals surface area contributed by atoms with Gasteiger partial charge in [-0.2, -0.15) is 0 Å². The molecule has 3 rings (SSSR count). The Labute approximate surface area is 155 Å². The van der Waals surface area contributed by atoms with E-state index in [-0.39, 0.29) is 0 Å². The van der Waals surface area contributed by atoms with Crippen LogP contribution in [-0.2, 0) is 0 Å². The number of nitrogens with two attached hydrogens (primary N) is 1. The molecular formula is C20H28N6. The highest BCUT2D eigenvalue weighted by Crippen LogP contribution is 2.28. The van der Waals surface area contributed by atoms with E-state index in [1.807, 2.05) is 12.1 Å². The van der Waals surface area contributed by atoms with E-state index in [1.165, 1.54) is 12.8 Å². The van der Waals surface area contributed by atoms with Crippen LogP contribution < -0.4 is 11.1 Å². The zero-order valence-electron chi connectivity index (χ0n) is 15.8. The van der Waals surface area contributed by atoms with Gasteiger partial charge in [-0.3, -0.25) is 4.99 Å². The summed E-state index contributed by atoms with van der Waals surface area (Å²) in [6.07, 6.45) is 9.71. The Morgan fingerprint density at radius 3 is 2.65 bits per heavy atom. The van der Waals surface area contributed by atoms with Gasteiger partial charge in [-0.25, -0.2) is 9.97 Å². The number of nitrogens with zero attached hydrogens (tertiary/aromatic N) is 4. The molecule has 0 spiro atoms. The highest BCUT2D eigenvalue weighted by Gasteiger charge is 2.23. The molecule has 6 heteroatoms. The first kappa shape index (κ1) is 18.3. The maximum absolute atomic E-state index is 5.76. The molecule has 6 nitrogen and oxygen atoms in total. The van der Waals surface area contributed by atoms with Gasteiger partial charge in [-0.1, -0.05) is 6.07 Å². The van der Waals surface area contributed by atoms with Crippen molar-refractivity contribution in [2.75, 3.05) is 26.5 Å². The van der Waals surface area contributed by atoms with Crippen molar-refractivity contribution in [2.45, 2.75) is 37.8 Å². The lowest BCUT2D eigenvalue weighted by Crippen LogP contribution is -2.36. The van der Waals surface area contributed by atoms with Crippen LogP contribution in [0.4, 0.5) is 5.82 Å². The molecule has 3 N–H and O–H groups in total. The third-order valence-corrected chi connectivity index (χ3v) is 5.18. The molecule has 1 aromatic carbocycles. The second-order valence-electron chi connectivity index (χ2n) is 7.08. The maximum Gasteiger partial charge on any atom is 0.137 e. The van der Waals surface area contributed by atoms with Crippen LogP contribution in [0.25, 0.3) is 16.5 Å². The SMILES string of the molecule is CN=CC(=CN)c1ccc2ncnc(NC3CCC(N(C)C)CC3)c2c1. The number of hydrogen-bond donors (Lipinski definition) is 2. The Bertz CT molecular complexity index is 803. The lowest BCUT2D eigenvalue weighted by Gasteiger charge is -2.33. The van der Waals surface area contributed by atoms with Crippen molar-refractivity contribution in [1.82, 2.24) is 14.9 Å². The molecule has 0 aliphatic heterocycles. The number of aliphatic imine (C=N–C) groups is 1. The fourth-order valence-corrected chi connectivity index (χ4v) is 3.63. The number of rotatable bonds is 5. The van der Waals surface area contributed by atoms with Crippen LogP contribution in [0.2, 0.25) is 0 Å². The largest absolute Gasteiger partial charge is 0.404 e. The van der Waals surface area contributed by atoms with E-state index in [9.17, 15) is 0 Å². The number of hydrogen-bond acceptors (Lipinski definition) is 6. The second-order valence-corrected chi connectivity index (χ2v) is 7.08. The Balaban J connectivity index is 1.84. The van der Waals surface area contributed by atoms with E-state index in [2.05, 4.69) is 45.3 Å². The van der Waals surface area contributed by atoms with Crippen LogP contribution in [0.1, 0.15) is 31.2 Å².